The van der Waals surface area contributed by atoms with Crippen molar-refractivity contribution in [3.05, 3.63) is 0 Å². The van der Waals surface area contributed by atoms with E-state index in [9.17, 15) is 0 Å². The molecule has 0 saturated carbocycles. The molecule has 0 spiro atoms. The standard InChI is InChI=1S/C8H15N2/c1-9-5-3-7-10-6-2-4-8(9)10/h2-7H2,1H3/q+1. The zero-order valence-corrected chi connectivity index (χ0v) is 6.64. The van der Waals surface area contributed by atoms with Crippen molar-refractivity contribution < 1.29 is 4.58 Å². The van der Waals surface area contributed by atoms with Crippen LogP contribution in [0.15, 0.2) is 0 Å². The average Bonchev–Trinajstić information content (AvgIpc) is 2.36. The highest BCUT2D eigenvalue weighted by atomic mass is 15.3. The third-order valence-corrected chi connectivity index (χ3v) is 2.56. The summed E-state index contributed by atoms with van der Waals surface area (Å²) >= 11 is 0. The van der Waals surface area contributed by atoms with Crippen LogP contribution < -0.4 is 0 Å². The molecule has 0 aromatic carbocycles. The Kier molecular flexibility index (Phi) is 1.40. The second kappa shape index (κ2) is 2.26. The van der Waals surface area contributed by atoms with Gasteiger partial charge in [0.15, 0.2) is 0 Å². The van der Waals surface area contributed by atoms with E-state index in [4.69, 9.17) is 0 Å². The molecule has 10 heavy (non-hydrogen) atoms. The Hall–Kier alpha value is -0.530. The van der Waals surface area contributed by atoms with Crippen molar-refractivity contribution in [2.45, 2.75) is 19.3 Å². The third-order valence-electron chi connectivity index (χ3n) is 2.56. The second-order valence-electron chi connectivity index (χ2n) is 3.28. The first kappa shape index (κ1) is 6.20. The minimum Gasteiger partial charge on any atom is -0.268 e. The summed E-state index contributed by atoms with van der Waals surface area (Å²) < 4.78 is 2.53. The first-order valence-electron chi connectivity index (χ1n) is 4.20. The summed E-state index contributed by atoms with van der Waals surface area (Å²) in [4.78, 5) is 2.41. The van der Waals surface area contributed by atoms with E-state index in [2.05, 4.69) is 16.5 Å². The van der Waals surface area contributed by atoms with Crippen LogP contribution in [0.5, 0.6) is 0 Å². The summed E-state index contributed by atoms with van der Waals surface area (Å²) in [5, 5.41) is 0. The molecule has 0 amide bonds. The van der Waals surface area contributed by atoms with Crippen molar-refractivity contribution in [1.82, 2.24) is 4.90 Å². The first-order valence-corrected chi connectivity index (χ1v) is 4.20. The fourth-order valence-corrected chi connectivity index (χ4v) is 2.02. The van der Waals surface area contributed by atoms with Gasteiger partial charge in [-0.1, -0.05) is 0 Å². The first-order chi connectivity index (χ1) is 4.88. The van der Waals surface area contributed by atoms with E-state index in [0.717, 1.165) is 0 Å². The van der Waals surface area contributed by atoms with Gasteiger partial charge in [-0.2, -0.15) is 0 Å². The second-order valence-corrected chi connectivity index (χ2v) is 3.28. The van der Waals surface area contributed by atoms with Gasteiger partial charge in [0.2, 0.25) is 5.84 Å². The maximum absolute atomic E-state index is 2.53. The van der Waals surface area contributed by atoms with E-state index >= 15 is 0 Å². The molecule has 2 heterocycles. The van der Waals surface area contributed by atoms with Crippen LogP contribution in [-0.2, 0) is 0 Å². The zero-order chi connectivity index (χ0) is 6.97. The smallest absolute Gasteiger partial charge is 0.246 e. The van der Waals surface area contributed by atoms with Crippen LogP contribution in [0, 0.1) is 0 Å². The lowest BCUT2D eigenvalue weighted by Crippen LogP contribution is -2.38. The van der Waals surface area contributed by atoms with Gasteiger partial charge in [0.05, 0.1) is 33.1 Å². The van der Waals surface area contributed by atoms with Crippen LogP contribution in [0.4, 0.5) is 0 Å². The molecule has 2 heteroatoms. The molecular formula is C8H15N2+. The topological polar surface area (TPSA) is 6.25 Å². The summed E-state index contributed by atoms with van der Waals surface area (Å²) in [5.74, 6) is 1.59. The van der Waals surface area contributed by atoms with Crippen molar-refractivity contribution in [2.75, 3.05) is 26.7 Å². The van der Waals surface area contributed by atoms with E-state index < -0.39 is 0 Å². The largest absolute Gasteiger partial charge is 0.268 e. The quantitative estimate of drug-likeness (QED) is 0.444. The molecular weight excluding hydrogens is 124 g/mol. The molecule has 2 nitrogen and oxygen atoms in total. The normalized spacial score (nSPS) is 25.5. The predicted octanol–water partition coefficient (Wildman–Crippen LogP) is 0.527. The summed E-state index contributed by atoms with van der Waals surface area (Å²) in [6.07, 6.45) is 4.04. The Balaban J connectivity index is 2.22. The summed E-state index contributed by atoms with van der Waals surface area (Å²) in [7, 11) is 2.22. The lowest BCUT2D eigenvalue weighted by Gasteiger charge is -2.19. The molecule has 0 atom stereocenters. The molecule has 0 aliphatic carbocycles. The van der Waals surface area contributed by atoms with Crippen LogP contribution in [-0.4, -0.2) is 42.0 Å². The van der Waals surface area contributed by atoms with Crippen LogP contribution in [0.2, 0.25) is 0 Å². The van der Waals surface area contributed by atoms with Crippen molar-refractivity contribution >= 4 is 5.84 Å². The Morgan fingerprint density at radius 3 is 2.90 bits per heavy atom. The van der Waals surface area contributed by atoms with Gasteiger partial charge in [-0.3, -0.25) is 9.48 Å². The fourth-order valence-electron chi connectivity index (χ4n) is 2.02. The van der Waals surface area contributed by atoms with Crippen molar-refractivity contribution in [2.24, 2.45) is 0 Å². The minimum atomic E-state index is 1.27. The van der Waals surface area contributed by atoms with Crippen molar-refractivity contribution in [3.8, 4) is 0 Å². The SMILES string of the molecule is CN1CCC[N+]2=C1CCC2. The molecule has 2 aliphatic rings. The number of rotatable bonds is 0. The van der Waals surface area contributed by atoms with E-state index in [1.165, 1.54) is 38.9 Å². The molecule has 0 bridgehead atoms. The molecule has 0 aromatic heterocycles. The number of hydrogen-bond acceptors (Lipinski definition) is 1. The van der Waals surface area contributed by atoms with Gasteiger partial charge in [0.25, 0.3) is 0 Å². The number of nitrogens with zero attached hydrogens (tertiary/aromatic N) is 2. The highest BCUT2D eigenvalue weighted by molar-refractivity contribution is 5.78. The van der Waals surface area contributed by atoms with Gasteiger partial charge >= 0.3 is 0 Å². The molecule has 0 saturated heterocycles. The zero-order valence-electron chi connectivity index (χ0n) is 6.64. The van der Waals surface area contributed by atoms with Crippen molar-refractivity contribution in [3.63, 3.8) is 0 Å². The maximum atomic E-state index is 2.53. The third kappa shape index (κ3) is 0.825. The van der Waals surface area contributed by atoms with Gasteiger partial charge in [-0.15, -0.1) is 0 Å². The van der Waals surface area contributed by atoms with Crippen LogP contribution in [0.25, 0.3) is 0 Å². The number of amidine groups is 1. The van der Waals surface area contributed by atoms with E-state index in [0.29, 0.717) is 0 Å². The highest BCUT2D eigenvalue weighted by Gasteiger charge is 2.27. The van der Waals surface area contributed by atoms with Gasteiger partial charge in [0, 0.05) is 6.42 Å². The van der Waals surface area contributed by atoms with E-state index in [1.807, 2.05) is 0 Å². The summed E-state index contributed by atoms with van der Waals surface area (Å²) in [6.45, 7) is 3.88. The highest BCUT2D eigenvalue weighted by Crippen LogP contribution is 2.11. The average molecular weight is 139 g/mol. The summed E-state index contributed by atoms with van der Waals surface area (Å²) in [6, 6.07) is 0. The van der Waals surface area contributed by atoms with Crippen LogP contribution in [0.3, 0.4) is 0 Å². The Labute approximate surface area is 62.1 Å². The summed E-state index contributed by atoms with van der Waals surface area (Å²) in [5.41, 5.74) is 0. The lowest BCUT2D eigenvalue weighted by atomic mass is 10.3. The van der Waals surface area contributed by atoms with Gasteiger partial charge in [-0.25, -0.2) is 0 Å². The monoisotopic (exact) mass is 139 g/mol. The molecule has 56 valence electrons. The maximum Gasteiger partial charge on any atom is 0.246 e. The Morgan fingerprint density at radius 1 is 1.30 bits per heavy atom. The van der Waals surface area contributed by atoms with Gasteiger partial charge in [0.1, 0.15) is 0 Å². The van der Waals surface area contributed by atoms with Crippen LogP contribution >= 0.6 is 0 Å². The molecule has 0 unspecified atom stereocenters. The predicted molar refractivity (Wildman–Crippen MR) is 41.5 cm³/mol. The molecule has 0 aromatic rings. The number of hydrogen-bond donors (Lipinski definition) is 0. The Bertz CT molecular complexity index is 172. The molecule has 2 aliphatic heterocycles. The molecule has 0 radical (unpaired) electrons. The fraction of sp³-hybridized carbons (Fsp3) is 0.875. The molecule has 0 N–H and O–H groups in total. The Morgan fingerprint density at radius 2 is 2.10 bits per heavy atom. The molecule has 0 fully saturated rings. The van der Waals surface area contributed by atoms with Gasteiger partial charge in [-0.05, 0) is 6.42 Å². The van der Waals surface area contributed by atoms with Gasteiger partial charge < -0.3 is 0 Å². The van der Waals surface area contributed by atoms with Crippen molar-refractivity contribution in [1.29, 1.82) is 0 Å². The molecule has 2 rings (SSSR count). The van der Waals surface area contributed by atoms with E-state index in [-0.39, 0.29) is 0 Å². The van der Waals surface area contributed by atoms with Crippen LogP contribution in [0.1, 0.15) is 19.3 Å². The minimum absolute atomic E-state index is 1.27. The lowest BCUT2D eigenvalue weighted by molar-refractivity contribution is -0.529. The van der Waals surface area contributed by atoms with E-state index in [1.54, 1.807) is 5.84 Å².